The van der Waals surface area contributed by atoms with Crippen LogP contribution in [0.4, 0.5) is 0 Å². The van der Waals surface area contributed by atoms with E-state index in [1.807, 2.05) is 32.0 Å². The largest absolute Gasteiger partial charge is 0.478 e. The number of benzene rings is 1. The summed E-state index contributed by atoms with van der Waals surface area (Å²) in [6.07, 6.45) is -0.791. The van der Waals surface area contributed by atoms with Crippen LogP contribution in [0.2, 0.25) is 0 Å². The molecule has 3 nitrogen and oxygen atoms in total. The van der Waals surface area contributed by atoms with Crippen LogP contribution in [0.15, 0.2) is 24.3 Å². The molecule has 4 heteroatoms. The second kappa shape index (κ2) is 5.34. The van der Waals surface area contributed by atoms with Gasteiger partial charge in [0, 0.05) is 5.92 Å². The SMILES string of the molecule is CC(C)C(Oc1ccccc1I)C(=O)O. The summed E-state index contributed by atoms with van der Waals surface area (Å²) in [5.41, 5.74) is 0. The number of rotatable bonds is 4. The molecule has 1 unspecified atom stereocenters. The zero-order chi connectivity index (χ0) is 11.4. The molecular weight excluding hydrogens is 307 g/mol. The van der Waals surface area contributed by atoms with Crippen molar-refractivity contribution in [3.63, 3.8) is 0 Å². The first-order valence-electron chi connectivity index (χ1n) is 4.66. The maximum absolute atomic E-state index is 10.9. The van der Waals surface area contributed by atoms with Crippen molar-refractivity contribution in [3.05, 3.63) is 27.8 Å². The number of carboxylic acid groups (broad SMARTS) is 1. The molecule has 0 saturated heterocycles. The highest BCUT2D eigenvalue weighted by atomic mass is 127. The molecule has 0 aromatic heterocycles. The van der Waals surface area contributed by atoms with E-state index in [4.69, 9.17) is 9.84 Å². The second-order valence-corrected chi connectivity index (χ2v) is 4.71. The standard InChI is InChI=1S/C11H13IO3/c1-7(2)10(11(13)14)15-9-6-4-3-5-8(9)12/h3-7,10H,1-2H3,(H,13,14). The van der Waals surface area contributed by atoms with E-state index in [2.05, 4.69) is 22.6 Å². The Morgan fingerprint density at radius 2 is 2.00 bits per heavy atom. The minimum atomic E-state index is -0.926. The van der Waals surface area contributed by atoms with Gasteiger partial charge in [0.05, 0.1) is 3.57 Å². The van der Waals surface area contributed by atoms with E-state index >= 15 is 0 Å². The van der Waals surface area contributed by atoms with Gasteiger partial charge in [0.25, 0.3) is 0 Å². The minimum Gasteiger partial charge on any atom is -0.478 e. The molecule has 0 aliphatic rings. The van der Waals surface area contributed by atoms with Gasteiger partial charge < -0.3 is 9.84 Å². The molecule has 0 fully saturated rings. The summed E-state index contributed by atoms with van der Waals surface area (Å²) in [4.78, 5) is 10.9. The molecule has 1 aromatic carbocycles. The molecule has 0 aliphatic carbocycles. The fourth-order valence-corrected chi connectivity index (χ4v) is 1.66. The van der Waals surface area contributed by atoms with E-state index in [0.29, 0.717) is 5.75 Å². The Morgan fingerprint density at radius 1 is 1.40 bits per heavy atom. The van der Waals surface area contributed by atoms with Gasteiger partial charge in [-0.15, -0.1) is 0 Å². The number of hydrogen-bond donors (Lipinski definition) is 1. The number of aliphatic carboxylic acids is 1. The lowest BCUT2D eigenvalue weighted by molar-refractivity contribution is -0.147. The van der Waals surface area contributed by atoms with Gasteiger partial charge in [-0.2, -0.15) is 0 Å². The summed E-state index contributed by atoms with van der Waals surface area (Å²) in [5.74, 6) is -0.359. The van der Waals surface area contributed by atoms with Crippen molar-refractivity contribution in [2.24, 2.45) is 5.92 Å². The van der Waals surface area contributed by atoms with Gasteiger partial charge in [-0.05, 0) is 34.7 Å². The minimum absolute atomic E-state index is 0.0569. The summed E-state index contributed by atoms with van der Waals surface area (Å²) < 4.78 is 6.38. The molecule has 0 saturated carbocycles. The third-order valence-electron chi connectivity index (χ3n) is 1.94. The lowest BCUT2D eigenvalue weighted by Crippen LogP contribution is -2.32. The zero-order valence-electron chi connectivity index (χ0n) is 8.61. The summed E-state index contributed by atoms with van der Waals surface area (Å²) in [7, 11) is 0. The number of ether oxygens (including phenoxy) is 1. The lowest BCUT2D eigenvalue weighted by Gasteiger charge is -2.18. The zero-order valence-corrected chi connectivity index (χ0v) is 10.8. The molecule has 0 radical (unpaired) electrons. The Balaban J connectivity index is 2.84. The summed E-state index contributed by atoms with van der Waals surface area (Å²) >= 11 is 2.12. The summed E-state index contributed by atoms with van der Waals surface area (Å²) in [6.45, 7) is 3.66. The molecular formula is C11H13IO3. The van der Waals surface area contributed by atoms with Crippen LogP contribution in [-0.2, 0) is 4.79 Å². The molecule has 0 heterocycles. The maximum atomic E-state index is 10.9. The van der Waals surface area contributed by atoms with Crippen molar-refractivity contribution < 1.29 is 14.6 Å². The Morgan fingerprint density at radius 3 is 2.47 bits per heavy atom. The fourth-order valence-electron chi connectivity index (χ4n) is 1.15. The van der Waals surface area contributed by atoms with Crippen LogP contribution in [0.25, 0.3) is 0 Å². The van der Waals surface area contributed by atoms with E-state index < -0.39 is 12.1 Å². The first kappa shape index (κ1) is 12.3. The fraction of sp³-hybridized carbons (Fsp3) is 0.364. The smallest absolute Gasteiger partial charge is 0.345 e. The molecule has 1 N–H and O–H groups in total. The molecule has 0 bridgehead atoms. The van der Waals surface area contributed by atoms with Crippen molar-refractivity contribution in [2.45, 2.75) is 20.0 Å². The molecule has 0 spiro atoms. The quantitative estimate of drug-likeness (QED) is 0.868. The first-order valence-corrected chi connectivity index (χ1v) is 5.74. The van der Waals surface area contributed by atoms with Crippen molar-refractivity contribution in [2.75, 3.05) is 0 Å². The number of carboxylic acids is 1. The van der Waals surface area contributed by atoms with Gasteiger partial charge in [0.2, 0.25) is 0 Å². The van der Waals surface area contributed by atoms with Gasteiger partial charge >= 0.3 is 5.97 Å². The highest BCUT2D eigenvalue weighted by Gasteiger charge is 2.23. The third-order valence-corrected chi connectivity index (χ3v) is 2.83. The van der Waals surface area contributed by atoms with Gasteiger partial charge in [-0.1, -0.05) is 26.0 Å². The van der Waals surface area contributed by atoms with Crippen LogP contribution < -0.4 is 4.74 Å². The summed E-state index contributed by atoms with van der Waals surface area (Å²) in [6, 6.07) is 7.38. The van der Waals surface area contributed by atoms with E-state index in [1.54, 1.807) is 6.07 Å². The number of hydrogen-bond acceptors (Lipinski definition) is 2. The Hall–Kier alpha value is -0.780. The number of para-hydroxylation sites is 1. The number of carbonyl (C=O) groups is 1. The predicted molar refractivity (Wildman–Crippen MR) is 66.0 cm³/mol. The normalized spacial score (nSPS) is 12.5. The highest BCUT2D eigenvalue weighted by Crippen LogP contribution is 2.22. The molecule has 15 heavy (non-hydrogen) atoms. The van der Waals surface area contributed by atoms with Gasteiger partial charge in [0.1, 0.15) is 5.75 Å². The van der Waals surface area contributed by atoms with Crippen molar-refractivity contribution in [1.82, 2.24) is 0 Å². The van der Waals surface area contributed by atoms with E-state index in [9.17, 15) is 4.79 Å². The van der Waals surface area contributed by atoms with Crippen LogP contribution in [0, 0.1) is 9.49 Å². The third kappa shape index (κ3) is 3.37. The van der Waals surface area contributed by atoms with Gasteiger partial charge in [0.15, 0.2) is 6.10 Å². The van der Waals surface area contributed by atoms with Crippen LogP contribution in [0.1, 0.15) is 13.8 Å². The Bertz CT molecular complexity index is 349. The monoisotopic (exact) mass is 320 g/mol. The number of halogens is 1. The van der Waals surface area contributed by atoms with Crippen molar-refractivity contribution in [1.29, 1.82) is 0 Å². The van der Waals surface area contributed by atoms with Crippen LogP contribution in [0.3, 0.4) is 0 Å². The van der Waals surface area contributed by atoms with Crippen molar-refractivity contribution in [3.8, 4) is 5.75 Å². The van der Waals surface area contributed by atoms with Crippen LogP contribution >= 0.6 is 22.6 Å². The maximum Gasteiger partial charge on any atom is 0.345 e. The lowest BCUT2D eigenvalue weighted by atomic mass is 10.1. The molecule has 0 amide bonds. The van der Waals surface area contributed by atoms with E-state index in [-0.39, 0.29) is 5.92 Å². The van der Waals surface area contributed by atoms with Crippen molar-refractivity contribution >= 4 is 28.6 Å². The summed E-state index contributed by atoms with van der Waals surface area (Å²) in [5, 5.41) is 8.97. The Labute approximate surface area is 103 Å². The Kier molecular flexibility index (Phi) is 4.38. The average molecular weight is 320 g/mol. The van der Waals surface area contributed by atoms with E-state index in [0.717, 1.165) is 3.57 Å². The van der Waals surface area contributed by atoms with Gasteiger partial charge in [-0.25, -0.2) is 4.79 Å². The average Bonchev–Trinajstić information content (AvgIpc) is 2.15. The highest BCUT2D eigenvalue weighted by molar-refractivity contribution is 14.1. The molecule has 1 atom stereocenters. The predicted octanol–water partition coefficient (Wildman–Crippen LogP) is 2.78. The second-order valence-electron chi connectivity index (χ2n) is 3.55. The van der Waals surface area contributed by atoms with Gasteiger partial charge in [-0.3, -0.25) is 0 Å². The molecule has 82 valence electrons. The van der Waals surface area contributed by atoms with E-state index in [1.165, 1.54) is 0 Å². The molecule has 1 aromatic rings. The molecule has 1 rings (SSSR count). The van der Waals surface area contributed by atoms with Crippen LogP contribution in [0.5, 0.6) is 5.75 Å². The first-order chi connectivity index (χ1) is 7.02. The van der Waals surface area contributed by atoms with Crippen LogP contribution in [-0.4, -0.2) is 17.2 Å². The molecule has 0 aliphatic heterocycles. The topological polar surface area (TPSA) is 46.5 Å².